The normalized spacial score (nSPS) is 16.5. The first-order valence-electron chi connectivity index (χ1n) is 9.09. The largest absolute Gasteiger partial charge is 0.356 e. The van der Waals surface area contributed by atoms with Crippen molar-refractivity contribution >= 4 is 23.2 Å². The molecule has 3 aromatic rings. The maximum atomic E-state index is 12.6. The minimum atomic E-state index is 0.0167. The summed E-state index contributed by atoms with van der Waals surface area (Å²) >= 11 is 6.01. The van der Waals surface area contributed by atoms with Crippen LogP contribution < -0.4 is 5.32 Å². The highest BCUT2D eigenvalue weighted by atomic mass is 35.5. The highest BCUT2D eigenvalue weighted by Gasteiger charge is 2.27. The molecule has 0 bridgehead atoms. The number of halogens is 1. The Labute approximate surface area is 158 Å². The molecule has 1 aromatic carbocycles. The lowest BCUT2D eigenvalue weighted by Crippen LogP contribution is -2.35. The molecule has 0 saturated carbocycles. The number of carbonyl (C=O) groups excluding carboxylic acids is 1. The number of pyridine rings is 1. The molecule has 5 heteroatoms. The first-order chi connectivity index (χ1) is 12.6. The van der Waals surface area contributed by atoms with Crippen molar-refractivity contribution in [2.45, 2.75) is 32.6 Å². The maximum absolute atomic E-state index is 12.6. The number of benzene rings is 1. The minimum Gasteiger partial charge on any atom is -0.356 e. The summed E-state index contributed by atoms with van der Waals surface area (Å²) in [5.74, 6) is 0.155. The first kappa shape index (κ1) is 17.1. The summed E-state index contributed by atoms with van der Waals surface area (Å²) in [5.41, 5.74) is 5.65. The maximum Gasteiger partial charge on any atom is 0.223 e. The van der Waals surface area contributed by atoms with Crippen LogP contribution in [-0.4, -0.2) is 21.8 Å². The van der Waals surface area contributed by atoms with E-state index in [1.54, 1.807) is 0 Å². The lowest BCUT2D eigenvalue weighted by atomic mass is 9.89. The van der Waals surface area contributed by atoms with E-state index in [2.05, 4.69) is 35.0 Å². The summed E-state index contributed by atoms with van der Waals surface area (Å²) in [6, 6.07) is 12.0. The molecule has 0 saturated heterocycles. The van der Waals surface area contributed by atoms with E-state index in [1.165, 1.54) is 11.3 Å². The van der Waals surface area contributed by atoms with E-state index >= 15 is 0 Å². The Morgan fingerprint density at radius 3 is 3.08 bits per heavy atom. The van der Waals surface area contributed by atoms with Crippen LogP contribution in [0, 0.1) is 12.8 Å². The quantitative estimate of drug-likeness (QED) is 0.763. The number of carbonyl (C=O) groups is 1. The Morgan fingerprint density at radius 2 is 2.23 bits per heavy atom. The topological polar surface area (TPSA) is 46.4 Å². The molecule has 1 unspecified atom stereocenters. The van der Waals surface area contributed by atoms with Gasteiger partial charge in [0.05, 0.1) is 5.69 Å². The van der Waals surface area contributed by atoms with Gasteiger partial charge in [0.15, 0.2) is 0 Å². The van der Waals surface area contributed by atoms with Crippen LogP contribution in [0.1, 0.15) is 28.9 Å². The van der Waals surface area contributed by atoms with Gasteiger partial charge in [-0.25, -0.2) is 4.98 Å². The van der Waals surface area contributed by atoms with Crippen molar-refractivity contribution in [3.63, 3.8) is 0 Å². The molecule has 0 fully saturated rings. The predicted molar refractivity (Wildman–Crippen MR) is 104 cm³/mol. The molecular formula is C21H22ClN3O. The van der Waals surface area contributed by atoms with Crippen LogP contribution in [0.3, 0.4) is 0 Å². The van der Waals surface area contributed by atoms with Gasteiger partial charge in [0, 0.05) is 35.8 Å². The molecule has 2 heterocycles. The summed E-state index contributed by atoms with van der Waals surface area (Å²) < 4.78 is 2.13. The second-order valence-corrected chi connectivity index (χ2v) is 7.48. The van der Waals surface area contributed by atoms with Gasteiger partial charge in [-0.2, -0.15) is 0 Å². The zero-order valence-corrected chi connectivity index (χ0v) is 15.6. The van der Waals surface area contributed by atoms with E-state index in [0.29, 0.717) is 6.54 Å². The van der Waals surface area contributed by atoms with Crippen molar-refractivity contribution in [2.24, 2.45) is 5.92 Å². The second kappa shape index (κ2) is 7.12. The number of imidazole rings is 1. The van der Waals surface area contributed by atoms with Gasteiger partial charge in [-0.3, -0.25) is 4.79 Å². The van der Waals surface area contributed by atoms with Crippen molar-refractivity contribution in [3.05, 3.63) is 70.1 Å². The van der Waals surface area contributed by atoms with Crippen LogP contribution >= 0.6 is 11.6 Å². The van der Waals surface area contributed by atoms with Gasteiger partial charge in [-0.1, -0.05) is 23.7 Å². The lowest BCUT2D eigenvalue weighted by Gasteiger charge is -2.21. The fourth-order valence-electron chi connectivity index (χ4n) is 3.70. The number of nitrogens with zero attached hydrogens (tertiary/aromatic N) is 2. The number of amides is 1. The molecule has 0 aliphatic heterocycles. The van der Waals surface area contributed by atoms with Gasteiger partial charge in [0.25, 0.3) is 0 Å². The molecule has 1 aliphatic rings. The number of hydrogen-bond donors (Lipinski definition) is 1. The second-order valence-electron chi connectivity index (χ2n) is 7.05. The molecule has 0 radical (unpaired) electrons. The molecule has 4 nitrogen and oxygen atoms in total. The SMILES string of the molecule is Cc1ccn2c3c(nc2c1)CCC(C(=O)NCCc1cccc(Cl)c1)C3. The first-order valence-corrected chi connectivity index (χ1v) is 9.46. The van der Waals surface area contributed by atoms with Gasteiger partial charge in [0.1, 0.15) is 5.65 Å². The van der Waals surface area contributed by atoms with Crippen molar-refractivity contribution in [3.8, 4) is 0 Å². The van der Waals surface area contributed by atoms with Crippen LogP contribution in [-0.2, 0) is 24.1 Å². The summed E-state index contributed by atoms with van der Waals surface area (Å²) in [6.07, 6.45) is 5.33. The van der Waals surface area contributed by atoms with E-state index in [0.717, 1.165) is 47.6 Å². The average molecular weight is 368 g/mol. The third-order valence-corrected chi connectivity index (χ3v) is 5.34. The number of hydrogen-bond acceptors (Lipinski definition) is 2. The van der Waals surface area contributed by atoms with Crippen molar-refractivity contribution in [2.75, 3.05) is 6.54 Å². The van der Waals surface area contributed by atoms with Gasteiger partial charge in [0.2, 0.25) is 5.91 Å². The third-order valence-electron chi connectivity index (χ3n) is 5.11. The minimum absolute atomic E-state index is 0.0167. The van der Waals surface area contributed by atoms with Crippen LogP contribution in [0.25, 0.3) is 5.65 Å². The number of aromatic nitrogens is 2. The van der Waals surface area contributed by atoms with Crippen LogP contribution in [0.2, 0.25) is 5.02 Å². The van der Waals surface area contributed by atoms with Gasteiger partial charge in [-0.05, 0) is 61.6 Å². The van der Waals surface area contributed by atoms with Crippen LogP contribution in [0.15, 0.2) is 42.6 Å². The number of fused-ring (bicyclic) bond motifs is 3. The molecule has 1 aliphatic carbocycles. The Balaban J connectivity index is 1.40. The predicted octanol–water partition coefficient (Wildman–Crippen LogP) is 3.76. The van der Waals surface area contributed by atoms with Crippen LogP contribution in [0.4, 0.5) is 0 Å². The van der Waals surface area contributed by atoms with Crippen LogP contribution in [0.5, 0.6) is 0 Å². The average Bonchev–Trinajstić information content (AvgIpc) is 2.98. The van der Waals surface area contributed by atoms with Gasteiger partial charge in [-0.15, -0.1) is 0 Å². The molecule has 2 aromatic heterocycles. The Hall–Kier alpha value is -2.33. The summed E-state index contributed by atoms with van der Waals surface area (Å²) in [6.45, 7) is 2.71. The lowest BCUT2D eigenvalue weighted by molar-refractivity contribution is -0.125. The smallest absolute Gasteiger partial charge is 0.223 e. The third kappa shape index (κ3) is 3.47. The standard InChI is InChI=1S/C21H22ClN3O/c1-14-8-10-25-19-13-16(5-6-18(19)24-20(25)11-14)21(26)23-9-7-15-3-2-4-17(22)12-15/h2-4,8,10-12,16H,5-7,9,13H2,1H3,(H,23,26). The molecule has 1 atom stereocenters. The highest BCUT2D eigenvalue weighted by molar-refractivity contribution is 6.30. The molecular weight excluding hydrogens is 346 g/mol. The molecule has 0 spiro atoms. The summed E-state index contributed by atoms with van der Waals surface area (Å²) in [7, 11) is 0. The Morgan fingerprint density at radius 1 is 1.35 bits per heavy atom. The molecule has 4 rings (SSSR count). The zero-order chi connectivity index (χ0) is 18.1. The van der Waals surface area contributed by atoms with Crippen molar-refractivity contribution < 1.29 is 4.79 Å². The molecule has 1 N–H and O–H groups in total. The fourth-order valence-corrected chi connectivity index (χ4v) is 3.91. The summed E-state index contributed by atoms with van der Waals surface area (Å²) in [5, 5.41) is 3.82. The molecule has 134 valence electrons. The molecule has 1 amide bonds. The van der Waals surface area contributed by atoms with E-state index in [-0.39, 0.29) is 11.8 Å². The zero-order valence-electron chi connectivity index (χ0n) is 14.8. The number of aryl methyl sites for hydroxylation is 2. The Bertz CT molecular complexity index is 963. The van der Waals surface area contributed by atoms with E-state index in [4.69, 9.17) is 16.6 Å². The van der Waals surface area contributed by atoms with Crippen molar-refractivity contribution in [1.82, 2.24) is 14.7 Å². The van der Waals surface area contributed by atoms with Crippen molar-refractivity contribution in [1.29, 1.82) is 0 Å². The van der Waals surface area contributed by atoms with E-state index < -0.39 is 0 Å². The van der Waals surface area contributed by atoms with Gasteiger partial charge < -0.3 is 9.72 Å². The monoisotopic (exact) mass is 367 g/mol. The number of nitrogens with one attached hydrogen (secondary N) is 1. The van der Waals surface area contributed by atoms with Gasteiger partial charge >= 0.3 is 0 Å². The summed E-state index contributed by atoms with van der Waals surface area (Å²) in [4.78, 5) is 17.3. The molecule has 26 heavy (non-hydrogen) atoms. The number of rotatable bonds is 4. The Kier molecular flexibility index (Phi) is 4.68. The fraction of sp³-hybridized carbons (Fsp3) is 0.333. The highest BCUT2D eigenvalue weighted by Crippen LogP contribution is 2.27. The van der Waals surface area contributed by atoms with E-state index in [9.17, 15) is 4.79 Å². The van der Waals surface area contributed by atoms with E-state index in [1.807, 2.05) is 24.3 Å².